The minimum Gasteiger partial charge on any atom is -0.370 e. The number of hydrogen-bond acceptors (Lipinski definition) is 3. The predicted molar refractivity (Wildman–Crippen MR) is 99.3 cm³/mol. The molecule has 4 heteroatoms. The van der Waals surface area contributed by atoms with Gasteiger partial charge in [0.2, 0.25) is 0 Å². The van der Waals surface area contributed by atoms with Gasteiger partial charge in [0.1, 0.15) is 11.9 Å². The highest BCUT2D eigenvalue weighted by Crippen LogP contribution is 2.28. The third kappa shape index (κ3) is 3.69. The van der Waals surface area contributed by atoms with Gasteiger partial charge in [-0.1, -0.05) is 24.3 Å². The van der Waals surface area contributed by atoms with Crippen LogP contribution in [0.1, 0.15) is 42.4 Å². The van der Waals surface area contributed by atoms with E-state index < -0.39 is 0 Å². The topological polar surface area (TPSA) is 39.9 Å². The first-order valence-corrected chi connectivity index (χ1v) is 8.74. The molecule has 4 rings (SSSR count). The standard InChI is InChI=1S/C21H21N3O/c1-3-13-22-18(5-1)10-7-17-8-11-19(12-9-17)24-15-14-23-21(24)20-6-2-4-16-25-20/h1,3,5,7-15,20H,2,4,6,16H2/b10-7+/t20-/m1/s1. The first kappa shape index (κ1) is 15.8. The molecule has 126 valence electrons. The summed E-state index contributed by atoms with van der Waals surface area (Å²) < 4.78 is 8.02. The van der Waals surface area contributed by atoms with Crippen molar-refractivity contribution in [3.05, 3.63) is 78.1 Å². The highest BCUT2D eigenvalue weighted by molar-refractivity contribution is 5.68. The lowest BCUT2D eigenvalue weighted by Crippen LogP contribution is -2.15. The lowest BCUT2D eigenvalue weighted by Gasteiger charge is -2.23. The Hall–Kier alpha value is -2.72. The van der Waals surface area contributed by atoms with Gasteiger partial charge in [-0.15, -0.1) is 0 Å². The fraction of sp³-hybridized carbons (Fsp3) is 0.238. The lowest BCUT2D eigenvalue weighted by molar-refractivity contribution is 0.00865. The molecule has 0 N–H and O–H groups in total. The summed E-state index contributed by atoms with van der Waals surface area (Å²) in [5, 5.41) is 0. The predicted octanol–water partition coefficient (Wildman–Crippen LogP) is 4.68. The Balaban J connectivity index is 1.53. The van der Waals surface area contributed by atoms with E-state index in [1.165, 1.54) is 6.42 Å². The van der Waals surface area contributed by atoms with Crippen molar-refractivity contribution in [2.75, 3.05) is 6.61 Å². The van der Waals surface area contributed by atoms with Gasteiger partial charge >= 0.3 is 0 Å². The molecule has 1 aromatic carbocycles. The first-order chi connectivity index (χ1) is 12.4. The molecule has 25 heavy (non-hydrogen) atoms. The highest BCUT2D eigenvalue weighted by Gasteiger charge is 2.21. The van der Waals surface area contributed by atoms with E-state index in [-0.39, 0.29) is 6.10 Å². The molecule has 0 saturated carbocycles. The van der Waals surface area contributed by atoms with Gasteiger partial charge in [0.25, 0.3) is 0 Å². The Morgan fingerprint density at radius 3 is 2.64 bits per heavy atom. The number of aromatic nitrogens is 3. The molecule has 0 amide bonds. The van der Waals surface area contributed by atoms with Gasteiger partial charge in [0, 0.05) is 30.9 Å². The molecule has 0 bridgehead atoms. The summed E-state index contributed by atoms with van der Waals surface area (Å²) in [6.07, 6.45) is 13.3. The van der Waals surface area contributed by atoms with Crippen LogP contribution >= 0.6 is 0 Å². The number of nitrogens with zero attached hydrogens (tertiary/aromatic N) is 3. The number of imidazole rings is 1. The van der Waals surface area contributed by atoms with Crippen molar-refractivity contribution in [3.8, 4) is 5.69 Å². The van der Waals surface area contributed by atoms with Gasteiger partial charge in [-0.05, 0) is 55.2 Å². The first-order valence-electron chi connectivity index (χ1n) is 8.74. The van der Waals surface area contributed by atoms with Crippen molar-refractivity contribution in [1.82, 2.24) is 14.5 Å². The van der Waals surface area contributed by atoms with Crippen LogP contribution in [-0.4, -0.2) is 21.1 Å². The molecule has 4 nitrogen and oxygen atoms in total. The number of rotatable bonds is 4. The Labute approximate surface area is 147 Å². The Morgan fingerprint density at radius 1 is 0.960 bits per heavy atom. The van der Waals surface area contributed by atoms with Gasteiger partial charge in [0.05, 0.1) is 5.69 Å². The van der Waals surface area contributed by atoms with Crippen molar-refractivity contribution in [2.24, 2.45) is 0 Å². The fourth-order valence-electron chi connectivity index (χ4n) is 3.12. The number of benzene rings is 1. The monoisotopic (exact) mass is 331 g/mol. The van der Waals surface area contributed by atoms with Crippen LogP contribution in [0.5, 0.6) is 0 Å². The van der Waals surface area contributed by atoms with Gasteiger partial charge in [-0.3, -0.25) is 4.98 Å². The molecule has 1 saturated heterocycles. The van der Waals surface area contributed by atoms with E-state index in [2.05, 4.69) is 44.9 Å². The van der Waals surface area contributed by atoms with Crippen LogP contribution in [0.3, 0.4) is 0 Å². The van der Waals surface area contributed by atoms with Crippen molar-refractivity contribution < 1.29 is 4.74 Å². The minimum absolute atomic E-state index is 0.104. The molecule has 1 fully saturated rings. The molecule has 1 atom stereocenters. The quantitative estimate of drug-likeness (QED) is 0.697. The van der Waals surface area contributed by atoms with E-state index in [1.54, 1.807) is 6.20 Å². The maximum atomic E-state index is 5.89. The van der Waals surface area contributed by atoms with E-state index in [0.717, 1.165) is 42.2 Å². The van der Waals surface area contributed by atoms with E-state index in [4.69, 9.17) is 4.74 Å². The SMILES string of the molecule is C(=C\c1ccccn1)/c1ccc(-n2ccnc2[C@H]2CCCCO2)cc1. The molecule has 3 aromatic rings. The minimum atomic E-state index is 0.104. The van der Waals surface area contributed by atoms with E-state index >= 15 is 0 Å². The molecule has 0 unspecified atom stereocenters. The molecule has 3 heterocycles. The molecular weight excluding hydrogens is 310 g/mol. The molecule has 0 spiro atoms. The second-order valence-corrected chi connectivity index (χ2v) is 6.19. The zero-order valence-electron chi connectivity index (χ0n) is 14.1. The summed E-state index contributed by atoms with van der Waals surface area (Å²) in [6, 6.07) is 14.4. The number of hydrogen-bond donors (Lipinski definition) is 0. The molecule has 2 aromatic heterocycles. The number of pyridine rings is 1. The second kappa shape index (κ2) is 7.45. The van der Waals surface area contributed by atoms with E-state index in [0.29, 0.717) is 0 Å². The summed E-state index contributed by atoms with van der Waals surface area (Å²) in [4.78, 5) is 8.83. The maximum absolute atomic E-state index is 5.89. The average Bonchev–Trinajstić information content (AvgIpc) is 3.18. The molecular formula is C21H21N3O. The van der Waals surface area contributed by atoms with Gasteiger partial charge in [-0.25, -0.2) is 4.98 Å². The Bertz CT molecular complexity index is 831. The second-order valence-electron chi connectivity index (χ2n) is 6.19. The molecule has 1 aliphatic rings. The fourth-order valence-corrected chi connectivity index (χ4v) is 3.12. The molecule has 0 aliphatic carbocycles. The van der Waals surface area contributed by atoms with Crippen LogP contribution in [0.4, 0.5) is 0 Å². The van der Waals surface area contributed by atoms with Crippen LogP contribution in [0.2, 0.25) is 0 Å². The lowest BCUT2D eigenvalue weighted by atomic mass is 10.1. The zero-order valence-corrected chi connectivity index (χ0v) is 14.1. The van der Waals surface area contributed by atoms with Crippen molar-refractivity contribution in [2.45, 2.75) is 25.4 Å². The zero-order chi connectivity index (χ0) is 16.9. The largest absolute Gasteiger partial charge is 0.370 e. The van der Waals surface area contributed by atoms with Crippen LogP contribution in [0, 0.1) is 0 Å². The van der Waals surface area contributed by atoms with Crippen molar-refractivity contribution in [3.63, 3.8) is 0 Å². The van der Waals surface area contributed by atoms with Crippen LogP contribution in [0.15, 0.2) is 61.1 Å². The average molecular weight is 331 g/mol. The summed E-state index contributed by atoms with van der Waals surface area (Å²) in [5.41, 5.74) is 3.21. The van der Waals surface area contributed by atoms with Gasteiger partial charge in [0.15, 0.2) is 0 Å². The third-order valence-corrected chi connectivity index (χ3v) is 4.44. The van der Waals surface area contributed by atoms with Crippen molar-refractivity contribution in [1.29, 1.82) is 0 Å². The maximum Gasteiger partial charge on any atom is 0.142 e. The molecule has 0 radical (unpaired) electrons. The molecule has 1 aliphatic heterocycles. The smallest absolute Gasteiger partial charge is 0.142 e. The normalized spacial score (nSPS) is 17.8. The van der Waals surface area contributed by atoms with Crippen LogP contribution in [0.25, 0.3) is 17.8 Å². The summed E-state index contributed by atoms with van der Waals surface area (Å²) in [7, 11) is 0. The highest BCUT2D eigenvalue weighted by atomic mass is 16.5. The van der Waals surface area contributed by atoms with E-state index in [1.807, 2.05) is 36.7 Å². The van der Waals surface area contributed by atoms with Gasteiger partial charge < -0.3 is 9.30 Å². The number of ether oxygens (including phenoxy) is 1. The van der Waals surface area contributed by atoms with Crippen LogP contribution in [-0.2, 0) is 4.74 Å². The Morgan fingerprint density at radius 2 is 1.88 bits per heavy atom. The summed E-state index contributed by atoms with van der Waals surface area (Å²) in [5.74, 6) is 0.997. The third-order valence-electron chi connectivity index (χ3n) is 4.44. The van der Waals surface area contributed by atoms with Crippen molar-refractivity contribution >= 4 is 12.2 Å². The summed E-state index contributed by atoms with van der Waals surface area (Å²) in [6.45, 7) is 0.828. The van der Waals surface area contributed by atoms with Crippen LogP contribution < -0.4 is 0 Å². The Kier molecular flexibility index (Phi) is 4.70. The summed E-state index contributed by atoms with van der Waals surface area (Å²) >= 11 is 0. The van der Waals surface area contributed by atoms with Gasteiger partial charge in [-0.2, -0.15) is 0 Å². The van der Waals surface area contributed by atoms with E-state index in [9.17, 15) is 0 Å².